The van der Waals surface area contributed by atoms with Crippen molar-refractivity contribution in [1.82, 2.24) is 9.80 Å². The first-order valence-electron chi connectivity index (χ1n) is 13.9. The lowest BCUT2D eigenvalue weighted by molar-refractivity contribution is -0.141. The number of hydrogen-bond acceptors (Lipinski definition) is 7. The molecule has 4 aliphatic rings. The molecule has 42 heavy (non-hydrogen) atoms. The smallest absolute Gasteiger partial charge is 0.253 e. The van der Waals surface area contributed by atoms with Gasteiger partial charge < -0.3 is 14.9 Å². The fourth-order valence-corrected chi connectivity index (χ4v) is 8.31. The summed E-state index contributed by atoms with van der Waals surface area (Å²) in [4.78, 5) is 53.2. The molecule has 4 amide bonds. The number of imide groups is 2. The van der Waals surface area contributed by atoms with Gasteiger partial charge in [0.15, 0.2) is 21.2 Å². The Hall–Kier alpha value is -3.56. The lowest BCUT2D eigenvalue weighted by Gasteiger charge is -2.50. The van der Waals surface area contributed by atoms with Gasteiger partial charge in [-0.25, -0.2) is 0 Å². The fourth-order valence-electron chi connectivity index (χ4n) is 7.29. The number of likely N-dealkylation sites (tertiary alicyclic amines) is 2. The molecule has 220 valence electrons. The Morgan fingerprint density at radius 3 is 2.38 bits per heavy atom. The van der Waals surface area contributed by atoms with Crippen molar-refractivity contribution in [2.45, 2.75) is 41.9 Å². The number of carbonyl (C=O) groups is 4. The lowest BCUT2D eigenvalue weighted by atomic mass is 9.56. The number of phenolic OH excluding ortho intramolecular Hbond substituents is 2. The summed E-state index contributed by atoms with van der Waals surface area (Å²) in [5, 5.41) is 19.9. The van der Waals surface area contributed by atoms with Crippen molar-refractivity contribution in [3.05, 3.63) is 65.2 Å². The molecule has 0 bridgehead atoms. The number of amides is 4. The average Bonchev–Trinajstić information content (AvgIpc) is 3.28. The van der Waals surface area contributed by atoms with Crippen LogP contribution in [-0.2, 0) is 25.6 Å². The summed E-state index contributed by atoms with van der Waals surface area (Å²) >= 11 is 14.4. The van der Waals surface area contributed by atoms with Gasteiger partial charge in [-0.05, 0) is 67.5 Å². The second-order valence-electron chi connectivity index (χ2n) is 11.4. The average molecular weight is 613 g/mol. The molecule has 3 fully saturated rings. The number of aromatic hydroxyl groups is 2. The van der Waals surface area contributed by atoms with Gasteiger partial charge in [0.05, 0.1) is 18.4 Å². The number of alkyl halides is 2. The highest BCUT2D eigenvalue weighted by Gasteiger charge is 2.75. The summed E-state index contributed by atoms with van der Waals surface area (Å²) in [6.45, 7) is 2.21. The Kier molecular flexibility index (Phi) is 6.81. The highest BCUT2D eigenvalue weighted by molar-refractivity contribution is 6.53. The number of halogens is 2. The zero-order valence-electron chi connectivity index (χ0n) is 23.0. The molecule has 2 aliphatic heterocycles. The number of phenols is 2. The summed E-state index contributed by atoms with van der Waals surface area (Å²) in [6, 6.07) is 11.2. The number of nitrogens with zero attached hydrogens (tertiary/aromatic N) is 2. The van der Waals surface area contributed by atoms with E-state index in [9.17, 15) is 29.4 Å². The van der Waals surface area contributed by atoms with Gasteiger partial charge in [0.2, 0.25) is 11.8 Å². The Morgan fingerprint density at radius 1 is 0.976 bits per heavy atom. The number of carbonyl (C=O) groups excluding carboxylic acids is 4. The molecule has 2 aromatic rings. The number of ether oxygens (including phenoxy) is 1. The van der Waals surface area contributed by atoms with Gasteiger partial charge in [0.1, 0.15) is 5.75 Å². The zero-order valence-corrected chi connectivity index (χ0v) is 24.6. The third-order valence-corrected chi connectivity index (χ3v) is 10.7. The van der Waals surface area contributed by atoms with Gasteiger partial charge in [-0.3, -0.25) is 29.0 Å². The summed E-state index contributed by atoms with van der Waals surface area (Å²) in [5.74, 6) is -4.65. The van der Waals surface area contributed by atoms with Crippen molar-refractivity contribution >= 4 is 46.8 Å². The number of hydrogen-bond donors (Lipinski definition) is 2. The van der Waals surface area contributed by atoms with E-state index in [4.69, 9.17) is 27.9 Å². The van der Waals surface area contributed by atoms with Crippen molar-refractivity contribution < 1.29 is 34.1 Å². The monoisotopic (exact) mass is 612 g/mol. The molecule has 0 spiro atoms. The number of fused-ring (bicyclic) bond motifs is 4. The maximum Gasteiger partial charge on any atom is 0.253 e. The standard InChI is InChI=1S/C31H30Cl2N2O7/c1-3-42-23-14-17(6-11-22(23)37)25-19-9-10-20-24(21(19)15-30(32)28(40)34(2)29(41)31(25,30)33)27(39)35(26(20)38)13-12-16-4-7-18(36)8-5-16/h4-9,11,14,20-21,24-25,36-37H,3,10,12-13,15H2,1-2H3. The van der Waals surface area contributed by atoms with E-state index in [-0.39, 0.29) is 55.1 Å². The van der Waals surface area contributed by atoms with Gasteiger partial charge in [-0.1, -0.05) is 29.8 Å². The molecule has 0 radical (unpaired) electrons. The molecular weight excluding hydrogens is 583 g/mol. The van der Waals surface area contributed by atoms with Crippen LogP contribution in [0.4, 0.5) is 0 Å². The van der Waals surface area contributed by atoms with Crippen LogP contribution in [0.2, 0.25) is 0 Å². The number of benzene rings is 2. The third kappa shape index (κ3) is 3.89. The Bertz CT molecular complexity index is 1540. The maximum absolute atomic E-state index is 13.9. The molecule has 2 aliphatic carbocycles. The van der Waals surface area contributed by atoms with Gasteiger partial charge >= 0.3 is 0 Å². The number of allylic oxidation sites excluding steroid dienone is 2. The minimum atomic E-state index is -1.90. The Balaban J connectivity index is 1.41. The van der Waals surface area contributed by atoms with Crippen molar-refractivity contribution in [3.8, 4) is 17.2 Å². The minimum absolute atomic E-state index is 0.0856. The van der Waals surface area contributed by atoms with Crippen LogP contribution >= 0.6 is 23.2 Å². The second-order valence-corrected chi connectivity index (χ2v) is 12.6. The molecule has 6 atom stereocenters. The lowest BCUT2D eigenvalue weighted by Crippen LogP contribution is -2.60. The van der Waals surface area contributed by atoms with Gasteiger partial charge in [-0.2, -0.15) is 0 Å². The molecular formula is C31H30Cl2N2O7. The van der Waals surface area contributed by atoms with Crippen LogP contribution in [0, 0.1) is 17.8 Å². The van der Waals surface area contributed by atoms with E-state index in [1.165, 1.54) is 18.0 Å². The molecule has 6 unspecified atom stereocenters. The van der Waals surface area contributed by atoms with Crippen molar-refractivity contribution in [2.75, 3.05) is 20.2 Å². The quantitative estimate of drug-likeness (QED) is 0.289. The maximum atomic E-state index is 13.9. The van der Waals surface area contributed by atoms with Crippen LogP contribution < -0.4 is 4.74 Å². The summed E-state index contributed by atoms with van der Waals surface area (Å²) < 4.78 is 5.60. The topological polar surface area (TPSA) is 124 Å². The summed E-state index contributed by atoms with van der Waals surface area (Å²) in [7, 11) is 1.34. The fraction of sp³-hybridized carbons (Fsp3) is 0.419. The van der Waals surface area contributed by atoms with E-state index in [0.717, 1.165) is 10.5 Å². The molecule has 11 heteroatoms. The predicted octanol–water partition coefficient (Wildman–Crippen LogP) is 3.73. The minimum Gasteiger partial charge on any atom is -0.508 e. The molecule has 9 nitrogen and oxygen atoms in total. The largest absolute Gasteiger partial charge is 0.508 e. The van der Waals surface area contributed by atoms with E-state index in [1.807, 2.05) is 6.08 Å². The normalized spacial score (nSPS) is 32.0. The SMILES string of the molecule is CCOc1cc(C2C3=CCC4C(=O)N(CCc5ccc(O)cc5)C(=O)C4C3CC3(Cl)C(=O)N(C)C(=O)C23Cl)ccc1O. The second kappa shape index (κ2) is 10.0. The van der Waals surface area contributed by atoms with Crippen molar-refractivity contribution in [3.63, 3.8) is 0 Å². The van der Waals surface area contributed by atoms with Crippen LogP contribution in [0.1, 0.15) is 36.8 Å². The predicted molar refractivity (Wildman–Crippen MR) is 153 cm³/mol. The highest BCUT2D eigenvalue weighted by atomic mass is 35.5. The van der Waals surface area contributed by atoms with E-state index in [0.29, 0.717) is 17.6 Å². The first-order chi connectivity index (χ1) is 19.9. The van der Waals surface area contributed by atoms with Crippen LogP contribution in [0.15, 0.2) is 54.1 Å². The van der Waals surface area contributed by atoms with E-state index < -0.39 is 45.2 Å². The van der Waals surface area contributed by atoms with Gasteiger partial charge in [0.25, 0.3) is 11.8 Å². The molecule has 0 aromatic heterocycles. The first kappa shape index (κ1) is 28.6. The van der Waals surface area contributed by atoms with Gasteiger partial charge in [-0.15, -0.1) is 23.2 Å². The summed E-state index contributed by atoms with van der Waals surface area (Å²) in [5.41, 5.74) is 2.04. The van der Waals surface area contributed by atoms with Crippen LogP contribution in [-0.4, -0.2) is 73.6 Å². The molecule has 2 saturated heterocycles. The molecule has 2 aromatic carbocycles. The molecule has 2 heterocycles. The molecule has 2 N–H and O–H groups in total. The third-order valence-electron chi connectivity index (χ3n) is 9.28. The van der Waals surface area contributed by atoms with Crippen LogP contribution in [0.25, 0.3) is 0 Å². The number of rotatable bonds is 6. The Labute approximate surface area is 252 Å². The van der Waals surface area contributed by atoms with E-state index in [1.54, 1.807) is 43.3 Å². The zero-order chi connectivity index (χ0) is 30.1. The van der Waals surface area contributed by atoms with Crippen LogP contribution in [0.5, 0.6) is 17.2 Å². The van der Waals surface area contributed by atoms with Crippen LogP contribution in [0.3, 0.4) is 0 Å². The van der Waals surface area contributed by atoms with E-state index >= 15 is 0 Å². The Morgan fingerprint density at radius 2 is 1.69 bits per heavy atom. The van der Waals surface area contributed by atoms with Crippen molar-refractivity contribution in [2.24, 2.45) is 17.8 Å². The molecule has 1 saturated carbocycles. The summed E-state index contributed by atoms with van der Waals surface area (Å²) in [6.07, 6.45) is 2.47. The molecule has 6 rings (SSSR count). The van der Waals surface area contributed by atoms with Crippen molar-refractivity contribution in [1.29, 1.82) is 0 Å². The first-order valence-corrected chi connectivity index (χ1v) is 14.7. The van der Waals surface area contributed by atoms with Gasteiger partial charge in [0, 0.05) is 19.5 Å². The highest BCUT2D eigenvalue weighted by Crippen LogP contribution is 2.65. The van der Waals surface area contributed by atoms with E-state index in [2.05, 4.69) is 0 Å².